The van der Waals surface area contributed by atoms with Crippen LogP contribution < -0.4 is 14.8 Å². The van der Waals surface area contributed by atoms with Crippen LogP contribution in [0.25, 0.3) is 17.2 Å². The lowest BCUT2D eigenvalue weighted by molar-refractivity contribution is -0.111. The van der Waals surface area contributed by atoms with Gasteiger partial charge in [-0.1, -0.05) is 48.5 Å². The molecule has 0 aliphatic heterocycles. The van der Waals surface area contributed by atoms with Gasteiger partial charge in [-0.25, -0.2) is 9.18 Å². The minimum Gasteiger partial charge on any atom is -0.493 e. The van der Waals surface area contributed by atoms with E-state index < -0.39 is 11.9 Å². The quantitative estimate of drug-likeness (QED) is 0.177. The fourth-order valence-corrected chi connectivity index (χ4v) is 4.63. The van der Waals surface area contributed by atoms with Crippen LogP contribution in [0, 0.1) is 5.82 Å². The molecule has 0 aliphatic carbocycles. The van der Waals surface area contributed by atoms with Crippen molar-refractivity contribution in [1.29, 1.82) is 0 Å². The van der Waals surface area contributed by atoms with Gasteiger partial charge in [-0.2, -0.15) is 0 Å². The van der Waals surface area contributed by atoms with Gasteiger partial charge in [-0.15, -0.1) is 11.3 Å². The number of methoxy groups -OCH3 is 1. The summed E-state index contributed by atoms with van der Waals surface area (Å²) in [6.07, 6.45) is 3.00. The fraction of sp³-hybridized carbons (Fsp3) is 0.133. The number of amides is 1. The number of ether oxygens (including phenoxy) is 3. The average molecular weight is 532 g/mol. The molecule has 0 radical (unpaired) electrons. The lowest BCUT2D eigenvalue weighted by atomic mass is 10.0. The second-order valence-electron chi connectivity index (χ2n) is 8.09. The molecule has 1 heterocycles. The van der Waals surface area contributed by atoms with Crippen LogP contribution >= 0.6 is 11.3 Å². The molecule has 1 amide bonds. The molecule has 0 aliphatic rings. The maximum atomic E-state index is 13.4. The van der Waals surface area contributed by atoms with Gasteiger partial charge in [0, 0.05) is 17.0 Å². The van der Waals surface area contributed by atoms with Crippen molar-refractivity contribution in [2.24, 2.45) is 0 Å². The SMILES string of the molecule is CCOC(=O)c1c(-c2ccc(F)cc2)csc1NC(=O)/C=C/c1ccc(OCc2ccccc2)c(OC)c1. The molecule has 0 unspecified atom stereocenters. The maximum absolute atomic E-state index is 13.4. The number of esters is 1. The first-order chi connectivity index (χ1) is 18.5. The van der Waals surface area contributed by atoms with E-state index in [4.69, 9.17) is 14.2 Å². The molecule has 0 atom stereocenters. The molecule has 8 heteroatoms. The van der Waals surface area contributed by atoms with Crippen molar-refractivity contribution in [2.75, 3.05) is 19.0 Å². The summed E-state index contributed by atoms with van der Waals surface area (Å²) in [6.45, 7) is 2.28. The minimum atomic E-state index is -0.566. The smallest absolute Gasteiger partial charge is 0.341 e. The number of hydrogen-bond donors (Lipinski definition) is 1. The summed E-state index contributed by atoms with van der Waals surface area (Å²) in [5.74, 6) is -0.249. The largest absolute Gasteiger partial charge is 0.493 e. The van der Waals surface area contributed by atoms with E-state index in [0.717, 1.165) is 11.1 Å². The molecule has 0 saturated carbocycles. The Morgan fingerprint density at radius 1 is 1.00 bits per heavy atom. The van der Waals surface area contributed by atoms with Crippen molar-refractivity contribution in [1.82, 2.24) is 0 Å². The number of hydrogen-bond acceptors (Lipinski definition) is 6. The number of rotatable bonds is 10. The molecule has 4 aromatic rings. The van der Waals surface area contributed by atoms with Crippen LogP contribution in [-0.4, -0.2) is 25.6 Å². The highest BCUT2D eigenvalue weighted by molar-refractivity contribution is 7.15. The third-order valence-electron chi connectivity index (χ3n) is 5.51. The summed E-state index contributed by atoms with van der Waals surface area (Å²) < 4.78 is 29.9. The summed E-state index contributed by atoms with van der Waals surface area (Å²) in [5.41, 5.74) is 3.19. The van der Waals surface area contributed by atoms with Crippen LogP contribution in [0.5, 0.6) is 11.5 Å². The van der Waals surface area contributed by atoms with Gasteiger partial charge in [0.1, 0.15) is 23.0 Å². The Morgan fingerprint density at radius 2 is 1.76 bits per heavy atom. The zero-order valence-electron chi connectivity index (χ0n) is 20.9. The summed E-state index contributed by atoms with van der Waals surface area (Å²) in [7, 11) is 1.55. The van der Waals surface area contributed by atoms with Crippen molar-refractivity contribution in [3.05, 3.63) is 107 Å². The van der Waals surface area contributed by atoms with E-state index >= 15 is 0 Å². The monoisotopic (exact) mass is 531 g/mol. The van der Waals surface area contributed by atoms with E-state index in [2.05, 4.69) is 5.32 Å². The number of anilines is 1. The summed E-state index contributed by atoms with van der Waals surface area (Å²) >= 11 is 1.19. The van der Waals surface area contributed by atoms with Crippen LogP contribution in [0.3, 0.4) is 0 Å². The Bertz CT molecular complexity index is 1430. The van der Waals surface area contributed by atoms with E-state index in [9.17, 15) is 14.0 Å². The predicted molar refractivity (Wildman–Crippen MR) is 147 cm³/mol. The normalized spacial score (nSPS) is 10.8. The van der Waals surface area contributed by atoms with Crippen molar-refractivity contribution in [3.8, 4) is 22.6 Å². The Labute approximate surface area is 224 Å². The molecule has 0 saturated heterocycles. The first-order valence-electron chi connectivity index (χ1n) is 11.9. The lowest BCUT2D eigenvalue weighted by Crippen LogP contribution is -2.12. The molecule has 0 fully saturated rings. The molecule has 1 N–H and O–H groups in total. The van der Waals surface area contributed by atoms with E-state index in [1.165, 1.54) is 29.5 Å². The van der Waals surface area contributed by atoms with Crippen LogP contribution in [0.2, 0.25) is 0 Å². The molecule has 1 aromatic heterocycles. The predicted octanol–water partition coefficient (Wildman–Crippen LogP) is 6.97. The van der Waals surface area contributed by atoms with Gasteiger partial charge in [-0.05, 0) is 54.0 Å². The highest BCUT2D eigenvalue weighted by Gasteiger charge is 2.22. The van der Waals surface area contributed by atoms with Gasteiger partial charge in [0.25, 0.3) is 0 Å². The summed E-state index contributed by atoms with van der Waals surface area (Å²) in [4.78, 5) is 25.5. The zero-order chi connectivity index (χ0) is 26.9. The number of benzene rings is 3. The molecule has 0 spiro atoms. The van der Waals surface area contributed by atoms with Crippen LogP contribution in [0.4, 0.5) is 9.39 Å². The average Bonchev–Trinajstić information content (AvgIpc) is 3.35. The Balaban J connectivity index is 1.48. The highest BCUT2D eigenvalue weighted by Crippen LogP contribution is 2.36. The Hall–Kier alpha value is -4.43. The van der Waals surface area contributed by atoms with Gasteiger partial charge in [-0.3, -0.25) is 4.79 Å². The van der Waals surface area contributed by atoms with Gasteiger partial charge >= 0.3 is 5.97 Å². The summed E-state index contributed by atoms with van der Waals surface area (Å²) in [5, 5.41) is 4.84. The Morgan fingerprint density at radius 3 is 2.47 bits per heavy atom. The highest BCUT2D eigenvalue weighted by atomic mass is 32.1. The zero-order valence-corrected chi connectivity index (χ0v) is 21.7. The second kappa shape index (κ2) is 12.7. The lowest BCUT2D eigenvalue weighted by Gasteiger charge is -2.11. The molecule has 4 rings (SSSR count). The molecule has 0 bridgehead atoms. The van der Waals surface area contributed by atoms with Gasteiger partial charge in [0.2, 0.25) is 5.91 Å². The summed E-state index contributed by atoms with van der Waals surface area (Å²) in [6, 6.07) is 20.9. The third-order valence-corrected chi connectivity index (χ3v) is 6.41. The number of halogens is 1. The van der Waals surface area contributed by atoms with Gasteiger partial charge in [0.15, 0.2) is 11.5 Å². The van der Waals surface area contributed by atoms with E-state index in [0.29, 0.717) is 34.2 Å². The number of nitrogens with one attached hydrogen (secondary N) is 1. The Kier molecular flexibility index (Phi) is 8.89. The third kappa shape index (κ3) is 6.66. The van der Waals surface area contributed by atoms with Crippen molar-refractivity contribution < 1.29 is 28.2 Å². The molecule has 194 valence electrons. The van der Waals surface area contributed by atoms with Crippen LogP contribution in [0.1, 0.15) is 28.4 Å². The number of carbonyl (C=O) groups is 2. The van der Waals surface area contributed by atoms with E-state index in [1.54, 1.807) is 49.8 Å². The van der Waals surface area contributed by atoms with E-state index in [1.807, 2.05) is 36.4 Å². The van der Waals surface area contributed by atoms with Crippen molar-refractivity contribution in [2.45, 2.75) is 13.5 Å². The molecule has 6 nitrogen and oxygen atoms in total. The van der Waals surface area contributed by atoms with Crippen LogP contribution in [0.15, 0.2) is 84.3 Å². The second-order valence-corrected chi connectivity index (χ2v) is 8.97. The molecular weight excluding hydrogens is 505 g/mol. The standard InChI is InChI=1S/C30H26FNO5S/c1-3-36-30(34)28-24(22-11-13-23(31)14-12-22)19-38-29(28)32-27(33)16-10-20-9-15-25(26(17-20)35-2)37-18-21-7-5-4-6-8-21/h4-17,19H,3,18H2,1-2H3,(H,32,33)/b16-10+. The topological polar surface area (TPSA) is 73.9 Å². The van der Waals surface area contributed by atoms with Gasteiger partial charge < -0.3 is 19.5 Å². The first kappa shape index (κ1) is 26.6. The number of carbonyl (C=O) groups excluding carboxylic acids is 2. The molecule has 3 aromatic carbocycles. The first-order valence-corrected chi connectivity index (χ1v) is 12.7. The number of thiophene rings is 1. The maximum Gasteiger partial charge on any atom is 0.341 e. The fourth-order valence-electron chi connectivity index (χ4n) is 3.67. The molecule has 38 heavy (non-hydrogen) atoms. The van der Waals surface area contributed by atoms with Gasteiger partial charge in [0.05, 0.1) is 13.7 Å². The minimum absolute atomic E-state index is 0.178. The molecular formula is C30H26FNO5S. The van der Waals surface area contributed by atoms with Crippen molar-refractivity contribution in [3.63, 3.8) is 0 Å². The van der Waals surface area contributed by atoms with Crippen LogP contribution in [-0.2, 0) is 16.1 Å². The van der Waals surface area contributed by atoms with E-state index in [-0.39, 0.29) is 18.0 Å². The van der Waals surface area contributed by atoms with Crippen molar-refractivity contribution >= 4 is 34.3 Å².